The zero-order valence-electron chi connectivity index (χ0n) is 50.5. The first-order valence-corrected chi connectivity index (χ1v) is 33.4. The van der Waals surface area contributed by atoms with Gasteiger partial charge in [0.2, 0.25) is 23.6 Å². The Balaban J connectivity index is 0.000000192. The summed E-state index contributed by atoms with van der Waals surface area (Å²) in [6, 6.07) is 13.2. The summed E-state index contributed by atoms with van der Waals surface area (Å²) in [5.41, 5.74) is 7.05. The van der Waals surface area contributed by atoms with Gasteiger partial charge in [0.05, 0.1) is 64.1 Å². The van der Waals surface area contributed by atoms with Crippen LogP contribution in [0.25, 0.3) is 22.1 Å². The fraction of sp³-hybridized carbons (Fsp3) is 0.607. The van der Waals surface area contributed by atoms with Gasteiger partial charge in [0.25, 0.3) is 12.0 Å². The third-order valence-electron chi connectivity index (χ3n) is 17.9. The van der Waals surface area contributed by atoms with E-state index in [2.05, 4.69) is 29.4 Å². The van der Waals surface area contributed by atoms with Crippen LogP contribution in [-0.4, -0.2) is 175 Å². The number of para-hydroxylation sites is 4. The number of nitrogens with two attached hydrogens (primary N) is 1. The predicted molar refractivity (Wildman–Crippen MR) is 325 cm³/mol. The van der Waals surface area contributed by atoms with Crippen LogP contribution < -0.4 is 24.7 Å². The third-order valence-corrected chi connectivity index (χ3v) is 20.7. The molecule has 5 fully saturated rings. The highest BCUT2D eigenvalue weighted by molar-refractivity contribution is 7.88. The molecule has 10 atom stereocenters. The summed E-state index contributed by atoms with van der Waals surface area (Å²) in [5.74, 6) is -3.17. The van der Waals surface area contributed by atoms with E-state index in [0.29, 0.717) is 31.3 Å². The molecule has 7 heterocycles. The fourth-order valence-corrected chi connectivity index (χ4v) is 13.6. The van der Waals surface area contributed by atoms with E-state index in [4.69, 9.17) is 19.9 Å². The molecule has 2 saturated carbocycles. The highest BCUT2D eigenvalue weighted by atomic mass is 32.2. The van der Waals surface area contributed by atoms with E-state index < -0.39 is 73.4 Å². The lowest BCUT2D eigenvalue weighted by atomic mass is 9.91. The number of allylic oxidation sites excluding steroid dienone is 4. The van der Waals surface area contributed by atoms with Gasteiger partial charge in [-0.25, -0.2) is 9.44 Å². The molecule has 0 spiro atoms. The number of carbonyl (C=O) groups excluding carboxylic acids is 6. The number of H-pyrrole nitrogens is 2. The van der Waals surface area contributed by atoms with E-state index in [1.54, 1.807) is 4.90 Å². The maximum absolute atomic E-state index is 13.9. The average molecular weight is 1240 g/mol. The zero-order chi connectivity index (χ0) is 62.3. The molecule has 7 aliphatic rings. The van der Waals surface area contributed by atoms with Crippen molar-refractivity contribution in [2.24, 2.45) is 34.3 Å². The number of hydrogen-bond donors (Lipinski definition) is 5. The number of benzene rings is 2. The van der Waals surface area contributed by atoms with Crippen molar-refractivity contribution in [1.82, 2.24) is 47.8 Å². The smallest absolute Gasteiger partial charge is 0.303 e. The van der Waals surface area contributed by atoms with E-state index in [1.165, 1.54) is 45.9 Å². The average Bonchev–Trinajstić information content (AvgIpc) is 1.67. The number of nitrogens with one attached hydrogen (secondary N) is 4. The summed E-state index contributed by atoms with van der Waals surface area (Å²) < 4.78 is 73.2. The van der Waals surface area contributed by atoms with Crippen LogP contribution in [-0.2, 0) is 53.9 Å². The maximum Gasteiger partial charge on any atom is 0.303 e. The van der Waals surface area contributed by atoms with E-state index in [9.17, 15) is 45.6 Å². The van der Waals surface area contributed by atoms with Gasteiger partial charge in [-0.15, -0.1) is 0 Å². The first-order chi connectivity index (χ1) is 41.5. The number of nitrogens with zero attached hydrogens (tertiary/aromatic N) is 6. The molecular weight excluding hydrogens is 1160 g/mol. The molecule has 26 heteroatoms. The highest BCUT2D eigenvalue weighted by Gasteiger charge is 2.63. The van der Waals surface area contributed by atoms with Gasteiger partial charge in [0.1, 0.15) is 12.2 Å². The van der Waals surface area contributed by atoms with Crippen LogP contribution in [0.15, 0.2) is 72.8 Å². The summed E-state index contributed by atoms with van der Waals surface area (Å²) in [4.78, 5) is 100. The van der Waals surface area contributed by atoms with Crippen molar-refractivity contribution in [3.05, 3.63) is 72.8 Å². The minimum Gasteiger partial charge on any atom is -0.459 e. The monoisotopic (exact) mass is 1240 g/mol. The number of imidazole rings is 2. The van der Waals surface area contributed by atoms with Gasteiger partial charge in [0.15, 0.2) is 11.6 Å². The Bertz CT molecular complexity index is 3140. The Kier molecular flexibility index (Phi) is 20.8. The van der Waals surface area contributed by atoms with Crippen molar-refractivity contribution in [2.75, 3.05) is 54.5 Å². The molecule has 4 amide bonds. The molecule has 11 rings (SSSR count). The van der Waals surface area contributed by atoms with Crippen LogP contribution in [0.4, 0.5) is 0 Å². The molecule has 3 saturated heterocycles. The number of ketones is 2. The second kappa shape index (κ2) is 27.9. The van der Waals surface area contributed by atoms with Crippen molar-refractivity contribution < 1.29 is 59.8 Å². The van der Waals surface area contributed by atoms with Crippen LogP contribution in [0.5, 0.6) is 12.0 Å². The zero-order valence-corrected chi connectivity index (χ0v) is 52.1. The topological polar surface area (TPSA) is 319 Å². The molecule has 87 heavy (non-hydrogen) atoms. The van der Waals surface area contributed by atoms with Crippen molar-refractivity contribution in [3.63, 3.8) is 0 Å². The molecule has 24 nitrogen and oxygen atoms in total. The molecule has 0 bridgehead atoms. The minimum absolute atomic E-state index is 0.104. The van der Waals surface area contributed by atoms with Crippen LogP contribution in [0, 0.1) is 28.6 Å². The van der Waals surface area contributed by atoms with Crippen LogP contribution in [0.2, 0.25) is 0 Å². The largest absolute Gasteiger partial charge is 0.459 e. The molecule has 474 valence electrons. The standard InChI is InChI=1S/C29H39N5O6S.C28H38N6O6S.C4H8O/c1-19-11-7-5-4-6-8-12-20-16-29(20,27(37)32-41(38,39)33(2)3)17-25(35)24-15-21(18-34(24)26(19)36)40-28-30-22-13-9-10-14-23(22)31-28;1-33(2)41(38,39)32-26(37)28-15-18(28)10-6-4-3-5-7-11-20(29)25(36)34-17-19(14-23(34)24(35)16-28)40-27-30-21-12-8-9-13-22(21)31-27;1-2-4-5-3-1/h8-10,12-14,19-21,24H,4-7,11,15-18H2,1-3H3,(H,30,31)(H,32,37);6,8-10,12-13,18-20,23H,3-5,7,11,14-17,29H2,1-2H3,(H,30,31)(H,32,37);1-4H2/b12-8-;10-6-;/t19-,20+,21+,24-,29+;18-,19-,20+,23+,28-;/m01./s1. The molecule has 0 unspecified atom stereocenters. The second-order valence-corrected chi connectivity index (χ2v) is 28.5. The van der Waals surface area contributed by atoms with Crippen molar-refractivity contribution in [3.8, 4) is 12.0 Å². The van der Waals surface area contributed by atoms with E-state index >= 15 is 0 Å². The lowest BCUT2D eigenvalue weighted by molar-refractivity contribution is -0.141. The number of Topliss-reactive ketones (excluding diaryl/α,β-unsaturated/α-hetero) is 2. The van der Waals surface area contributed by atoms with Crippen molar-refractivity contribution in [1.29, 1.82) is 0 Å². The fourth-order valence-electron chi connectivity index (χ4n) is 12.4. The molecule has 2 aromatic carbocycles. The van der Waals surface area contributed by atoms with Gasteiger partial charge in [-0.3, -0.25) is 28.8 Å². The first-order valence-electron chi connectivity index (χ1n) is 30.6. The summed E-state index contributed by atoms with van der Waals surface area (Å²) in [6.07, 6.45) is 18.6. The van der Waals surface area contributed by atoms with Crippen LogP contribution in [0.1, 0.15) is 122 Å². The third kappa shape index (κ3) is 15.6. The van der Waals surface area contributed by atoms with Crippen molar-refractivity contribution in [2.45, 2.75) is 153 Å². The maximum atomic E-state index is 13.9. The molecule has 5 aliphatic heterocycles. The molecule has 2 aromatic heterocycles. The Hall–Kier alpha value is -6.58. The Morgan fingerprint density at radius 1 is 0.632 bits per heavy atom. The van der Waals surface area contributed by atoms with Gasteiger partial charge in [-0.1, -0.05) is 81.2 Å². The molecule has 4 aromatic rings. The normalized spacial score (nSPS) is 29.9. The van der Waals surface area contributed by atoms with Crippen LogP contribution in [0.3, 0.4) is 0 Å². The van der Waals surface area contributed by atoms with Gasteiger partial charge in [-0.05, 0) is 100 Å². The quantitative estimate of drug-likeness (QED) is 0.124. The Labute approximate surface area is 509 Å². The van der Waals surface area contributed by atoms with Gasteiger partial charge < -0.3 is 39.7 Å². The second-order valence-electron chi connectivity index (χ2n) is 24.7. The summed E-state index contributed by atoms with van der Waals surface area (Å²) in [6.45, 7) is 4.28. The lowest BCUT2D eigenvalue weighted by Crippen LogP contribution is -2.50. The van der Waals surface area contributed by atoms with Crippen LogP contribution >= 0.6 is 0 Å². The predicted octanol–water partition coefficient (Wildman–Crippen LogP) is 5.40. The SMILES string of the molecule is C1CCOC1.CN(C)S(=O)(=O)NC(=O)[C@]12CC(=O)[C@@H]3C[C@@H](Oc4nc5ccccc5[nH]4)CN3C(=O)[C@@H](N)CCCCC/C=C\[C@@H]1C2.C[C@H]1CCCCC/C=C\[C@@H]2C[C@@]2(C(=O)NS(=O)(=O)N(C)C)CC(=O)[C@@H]2C[C@@H](Oc3nc4ccccc4[nH]3)CN2C1=O. The summed E-state index contributed by atoms with van der Waals surface area (Å²) >= 11 is 0. The Morgan fingerprint density at radius 3 is 1.49 bits per heavy atom. The number of rotatable bonds is 10. The van der Waals surface area contributed by atoms with E-state index in [0.717, 1.165) is 102 Å². The number of fused-ring (bicyclic) bond motifs is 6. The van der Waals surface area contributed by atoms with Gasteiger partial charge in [-0.2, -0.15) is 35.4 Å². The van der Waals surface area contributed by atoms with Gasteiger partial charge >= 0.3 is 20.4 Å². The number of ether oxygens (including phenoxy) is 3. The van der Waals surface area contributed by atoms with Crippen molar-refractivity contribution >= 4 is 77.7 Å². The minimum atomic E-state index is -4.04. The molecule has 0 radical (unpaired) electrons. The molecule has 2 aliphatic carbocycles. The van der Waals surface area contributed by atoms with E-state index in [1.807, 2.05) is 79.8 Å². The number of hydrogen-bond acceptors (Lipinski definition) is 16. The summed E-state index contributed by atoms with van der Waals surface area (Å²) in [7, 11) is -2.74. The first kappa shape index (κ1) is 64.9. The number of aromatic nitrogens is 4. The molecular formula is C61H85N11O13S2. The lowest BCUT2D eigenvalue weighted by Gasteiger charge is -2.27. The van der Waals surface area contributed by atoms with Gasteiger partial charge in [0, 0.05) is 73.0 Å². The number of amides is 4. The van der Waals surface area contributed by atoms with E-state index in [-0.39, 0.29) is 79.9 Å². The Morgan fingerprint density at radius 2 is 1.07 bits per heavy atom. The highest BCUT2D eigenvalue weighted by Crippen LogP contribution is 2.58. The number of aromatic amines is 2. The molecule has 6 N–H and O–H groups in total. The number of carbonyl (C=O) groups is 6. The summed E-state index contributed by atoms with van der Waals surface area (Å²) in [5, 5.41) is 0.